The summed E-state index contributed by atoms with van der Waals surface area (Å²) in [6.07, 6.45) is 6.78. The predicted molar refractivity (Wildman–Crippen MR) is 80.4 cm³/mol. The van der Waals surface area contributed by atoms with Crippen molar-refractivity contribution in [3.8, 4) is 11.4 Å². The molecule has 1 aliphatic carbocycles. The quantitative estimate of drug-likeness (QED) is 0.667. The first-order valence-electron chi connectivity index (χ1n) is 7.23. The van der Waals surface area contributed by atoms with Gasteiger partial charge in [0.05, 0.1) is 5.69 Å². The van der Waals surface area contributed by atoms with Crippen LogP contribution in [0.25, 0.3) is 22.3 Å². The lowest BCUT2D eigenvalue weighted by molar-refractivity contribution is 0.667. The summed E-state index contributed by atoms with van der Waals surface area (Å²) in [4.78, 5) is 11.6. The fraction of sp³-hybridized carbons (Fsp3) is 0.312. The number of fused-ring (bicyclic) bond motifs is 2. The molecule has 2 aromatic heterocycles. The van der Waals surface area contributed by atoms with Crippen molar-refractivity contribution in [3.05, 3.63) is 41.3 Å². The number of H-pyrrole nitrogens is 2. The number of hydrogen-bond donors (Lipinski definition) is 3. The molecule has 0 fully saturated rings. The number of hydrogen-bond acceptors (Lipinski definition) is 2. The van der Waals surface area contributed by atoms with Gasteiger partial charge < -0.3 is 15.7 Å². The van der Waals surface area contributed by atoms with Gasteiger partial charge in [-0.3, -0.25) is 0 Å². The molecule has 4 N–H and O–H groups in total. The van der Waals surface area contributed by atoms with Gasteiger partial charge in [-0.2, -0.15) is 0 Å². The molecule has 3 aromatic rings. The van der Waals surface area contributed by atoms with Gasteiger partial charge >= 0.3 is 0 Å². The maximum atomic E-state index is 5.74. The smallest absolute Gasteiger partial charge is 0.139 e. The second kappa shape index (κ2) is 4.49. The van der Waals surface area contributed by atoms with Crippen LogP contribution in [0.1, 0.15) is 29.8 Å². The standard InChI is InChI=1S/C16H18N4/c17-8-10-5-6-13-11(7-10)12(9-18-13)16-19-14-3-1-2-4-15(14)20-16/h5-7,9,18H,1-4,8,17H2,(H,19,20). The predicted octanol–water partition coefficient (Wildman–Crippen LogP) is 2.90. The number of rotatable bonds is 2. The van der Waals surface area contributed by atoms with Gasteiger partial charge in [-0.15, -0.1) is 0 Å². The number of nitrogens with zero attached hydrogens (tertiary/aromatic N) is 1. The fourth-order valence-corrected chi connectivity index (χ4v) is 3.07. The van der Waals surface area contributed by atoms with Gasteiger partial charge in [-0.1, -0.05) is 6.07 Å². The molecule has 2 heterocycles. The largest absolute Gasteiger partial charge is 0.360 e. The summed E-state index contributed by atoms with van der Waals surface area (Å²) in [7, 11) is 0. The van der Waals surface area contributed by atoms with E-state index in [1.54, 1.807) is 0 Å². The molecule has 0 saturated heterocycles. The summed E-state index contributed by atoms with van der Waals surface area (Å²) in [5, 5.41) is 1.19. The average molecular weight is 266 g/mol. The van der Waals surface area contributed by atoms with E-state index in [9.17, 15) is 0 Å². The SMILES string of the molecule is NCc1ccc2[nH]cc(-c3nc4c([nH]3)CCCC4)c2c1. The summed E-state index contributed by atoms with van der Waals surface area (Å²) >= 11 is 0. The molecule has 0 radical (unpaired) electrons. The Bertz CT molecular complexity index is 742. The second-order valence-electron chi connectivity index (χ2n) is 5.50. The molecule has 0 unspecified atom stereocenters. The average Bonchev–Trinajstić information content (AvgIpc) is 3.09. The summed E-state index contributed by atoms with van der Waals surface area (Å²) in [6, 6.07) is 6.31. The van der Waals surface area contributed by atoms with Crippen LogP contribution in [0.5, 0.6) is 0 Å². The highest BCUT2D eigenvalue weighted by atomic mass is 14.9. The Labute approximate surface area is 117 Å². The number of nitrogens with one attached hydrogen (secondary N) is 2. The Kier molecular flexibility index (Phi) is 2.63. The van der Waals surface area contributed by atoms with Crippen molar-refractivity contribution in [2.24, 2.45) is 5.73 Å². The topological polar surface area (TPSA) is 70.5 Å². The normalized spacial score (nSPS) is 14.7. The molecule has 0 bridgehead atoms. The van der Waals surface area contributed by atoms with Crippen molar-refractivity contribution in [2.75, 3.05) is 0 Å². The number of benzene rings is 1. The molecule has 4 heteroatoms. The number of nitrogens with two attached hydrogens (primary N) is 1. The first-order chi connectivity index (χ1) is 9.85. The van der Waals surface area contributed by atoms with Crippen LogP contribution in [-0.4, -0.2) is 15.0 Å². The third kappa shape index (κ3) is 1.76. The maximum Gasteiger partial charge on any atom is 0.139 e. The molecule has 20 heavy (non-hydrogen) atoms. The molecular formula is C16H18N4. The highest BCUT2D eigenvalue weighted by Crippen LogP contribution is 2.30. The molecule has 4 nitrogen and oxygen atoms in total. The van der Waals surface area contributed by atoms with Crippen LogP contribution < -0.4 is 5.73 Å². The Morgan fingerprint density at radius 3 is 2.95 bits per heavy atom. The van der Waals surface area contributed by atoms with Crippen molar-refractivity contribution in [1.82, 2.24) is 15.0 Å². The second-order valence-corrected chi connectivity index (χ2v) is 5.50. The molecule has 1 aliphatic rings. The van der Waals surface area contributed by atoms with Crippen molar-refractivity contribution in [3.63, 3.8) is 0 Å². The van der Waals surface area contributed by atoms with Gasteiger partial charge in [0, 0.05) is 34.9 Å². The minimum atomic E-state index is 0.565. The van der Waals surface area contributed by atoms with Crippen LogP contribution in [-0.2, 0) is 19.4 Å². The molecule has 102 valence electrons. The fourth-order valence-electron chi connectivity index (χ4n) is 3.07. The monoisotopic (exact) mass is 266 g/mol. The van der Waals surface area contributed by atoms with E-state index in [0.717, 1.165) is 35.3 Å². The Morgan fingerprint density at radius 1 is 1.20 bits per heavy atom. The molecular weight excluding hydrogens is 248 g/mol. The van der Waals surface area contributed by atoms with Gasteiger partial charge in [0.2, 0.25) is 0 Å². The number of aromatic nitrogens is 3. The first-order valence-corrected chi connectivity index (χ1v) is 7.23. The lowest BCUT2D eigenvalue weighted by atomic mass is 10.0. The van der Waals surface area contributed by atoms with Gasteiger partial charge in [-0.05, 0) is 43.4 Å². The van der Waals surface area contributed by atoms with Crippen LogP contribution in [0.2, 0.25) is 0 Å². The van der Waals surface area contributed by atoms with E-state index >= 15 is 0 Å². The molecule has 0 atom stereocenters. The van der Waals surface area contributed by atoms with E-state index in [2.05, 4.69) is 28.2 Å². The van der Waals surface area contributed by atoms with E-state index in [1.807, 2.05) is 6.20 Å². The zero-order chi connectivity index (χ0) is 13.5. The van der Waals surface area contributed by atoms with Gasteiger partial charge in [0.1, 0.15) is 5.82 Å². The van der Waals surface area contributed by atoms with E-state index in [4.69, 9.17) is 10.7 Å². The summed E-state index contributed by atoms with van der Waals surface area (Å²) in [5.41, 5.74) is 11.7. The van der Waals surface area contributed by atoms with Crippen molar-refractivity contribution < 1.29 is 0 Å². The summed E-state index contributed by atoms with van der Waals surface area (Å²) < 4.78 is 0. The number of imidazole rings is 1. The Morgan fingerprint density at radius 2 is 2.10 bits per heavy atom. The molecule has 0 aliphatic heterocycles. The van der Waals surface area contributed by atoms with E-state index < -0.39 is 0 Å². The van der Waals surface area contributed by atoms with Gasteiger partial charge in [0.15, 0.2) is 0 Å². The lowest BCUT2D eigenvalue weighted by Crippen LogP contribution is -2.00. The van der Waals surface area contributed by atoms with Crippen LogP contribution in [0.15, 0.2) is 24.4 Å². The molecule has 0 amide bonds. The Balaban J connectivity index is 1.86. The van der Waals surface area contributed by atoms with E-state index in [1.165, 1.54) is 29.6 Å². The van der Waals surface area contributed by atoms with Crippen molar-refractivity contribution in [2.45, 2.75) is 32.2 Å². The minimum absolute atomic E-state index is 0.565. The van der Waals surface area contributed by atoms with Crippen molar-refractivity contribution in [1.29, 1.82) is 0 Å². The minimum Gasteiger partial charge on any atom is -0.360 e. The van der Waals surface area contributed by atoms with E-state index in [0.29, 0.717) is 6.54 Å². The number of aryl methyl sites for hydroxylation is 2. The van der Waals surface area contributed by atoms with Gasteiger partial charge in [-0.25, -0.2) is 4.98 Å². The van der Waals surface area contributed by atoms with Crippen LogP contribution in [0.3, 0.4) is 0 Å². The summed E-state index contributed by atoms with van der Waals surface area (Å²) in [5.74, 6) is 0.984. The zero-order valence-electron chi connectivity index (χ0n) is 11.4. The molecule has 0 saturated carbocycles. The highest BCUT2D eigenvalue weighted by Gasteiger charge is 2.17. The van der Waals surface area contributed by atoms with Crippen molar-refractivity contribution >= 4 is 10.9 Å². The van der Waals surface area contributed by atoms with Crippen LogP contribution in [0.4, 0.5) is 0 Å². The molecule has 0 spiro atoms. The third-order valence-electron chi connectivity index (χ3n) is 4.19. The van der Waals surface area contributed by atoms with E-state index in [-0.39, 0.29) is 0 Å². The first kappa shape index (κ1) is 11.7. The molecule has 4 rings (SSSR count). The number of aromatic amines is 2. The third-order valence-corrected chi connectivity index (χ3v) is 4.19. The summed E-state index contributed by atoms with van der Waals surface area (Å²) in [6.45, 7) is 0.565. The van der Waals surface area contributed by atoms with Crippen LogP contribution >= 0.6 is 0 Å². The maximum absolute atomic E-state index is 5.74. The van der Waals surface area contributed by atoms with Crippen LogP contribution in [0, 0.1) is 0 Å². The zero-order valence-corrected chi connectivity index (χ0v) is 11.4. The lowest BCUT2D eigenvalue weighted by Gasteiger charge is -2.07. The Hall–Kier alpha value is -2.07. The molecule has 1 aromatic carbocycles. The highest BCUT2D eigenvalue weighted by molar-refractivity contribution is 5.94. The van der Waals surface area contributed by atoms with Gasteiger partial charge in [0.25, 0.3) is 0 Å².